The fraction of sp³-hybridized carbons (Fsp3) is 0.200. The molecule has 2 aromatic carbocycles. The van der Waals surface area contributed by atoms with E-state index in [1.54, 1.807) is 0 Å². The minimum absolute atomic E-state index is 0.619. The molecule has 0 aliphatic carbocycles. The minimum Gasteiger partial charge on any atom is -0.486 e. The molecular weight excluding hydrogens is 353 g/mol. The number of fused-ring (bicyclic) bond motifs is 1. The summed E-state index contributed by atoms with van der Waals surface area (Å²) >= 11 is 2.31. The summed E-state index contributed by atoms with van der Waals surface area (Å²) in [6.07, 6.45) is 0. The number of anilines is 1. The van der Waals surface area contributed by atoms with Gasteiger partial charge in [0.05, 0.1) is 0 Å². The van der Waals surface area contributed by atoms with Crippen LogP contribution in [0, 0.1) is 3.57 Å². The monoisotopic (exact) mass is 367 g/mol. The van der Waals surface area contributed by atoms with Crippen LogP contribution in [0.2, 0.25) is 0 Å². The molecule has 3 rings (SSSR count). The van der Waals surface area contributed by atoms with Gasteiger partial charge in [-0.2, -0.15) is 0 Å². The van der Waals surface area contributed by atoms with E-state index in [-0.39, 0.29) is 0 Å². The lowest BCUT2D eigenvalue weighted by Crippen LogP contribution is -2.15. The Morgan fingerprint density at radius 3 is 2.47 bits per heavy atom. The highest BCUT2D eigenvalue weighted by Crippen LogP contribution is 2.32. The Bertz CT molecular complexity index is 569. The molecule has 4 heteroatoms. The number of benzene rings is 2. The number of hydrogen-bond acceptors (Lipinski definition) is 3. The summed E-state index contributed by atoms with van der Waals surface area (Å²) in [5.74, 6) is 1.64. The maximum Gasteiger partial charge on any atom is 0.163 e. The number of ether oxygens (including phenoxy) is 2. The van der Waals surface area contributed by atoms with Crippen molar-refractivity contribution in [3.05, 3.63) is 51.6 Å². The zero-order chi connectivity index (χ0) is 13.1. The molecule has 2 aromatic rings. The fourth-order valence-corrected chi connectivity index (χ4v) is 2.32. The second-order valence-corrected chi connectivity index (χ2v) is 5.58. The maximum absolute atomic E-state index is 5.57. The van der Waals surface area contributed by atoms with Crippen LogP contribution in [0.5, 0.6) is 11.5 Å². The molecule has 0 saturated carbocycles. The molecule has 0 atom stereocenters. The summed E-state index contributed by atoms with van der Waals surface area (Å²) in [5, 5.41) is 3.39. The highest BCUT2D eigenvalue weighted by Gasteiger charge is 2.11. The lowest BCUT2D eigenvalue weighted by molar-refractivity contribution is 0.171. The molecule has 1 aliphatic rings. The van der Waals surface area contributed by atoms with Crippen molar-refractivity contribution in [2.45, 2.75) is 6.54 Å². The topological polar surface area (TPSA) is 30.5 Å². The standard InChI is InChI=1S/C15H14INO2/c16-12-3-1-11(2-4-12)10-17-13-5-6-14-15(9-13)19-8-7-18-14/h1-6,9,17H,7-8,10H2. The van der Waals surface area contributed by atoms with Crippen molar-refractivity contribution in [1.29, 1.82) is 0 Å². The molecule has 1 heterocycles. The van der Waals surface area contributed by atoms with Gasteiger partial charge < -0.3 is 14.8 Å². The number of hydrogen-bond donors (Lipinski definition) is 1. The molecular formula is C15H14INO2. The van der Waals surface area contributed by atoms with Crippen LogP contribution in [0.25, 0.3) is 0 Å². The molecule has 0 radical (unpaired) electrons. The van der Waals surface area contributed by atoms with Gasteiger partial charge in [-0.3, -0.25) is 0 Å². The summed E-state index contributed by atoms with van der Waals surface area (Å²) < 4.78 is 12.3. The Hall–Kier alpha value is -1.43. The van der Waals surface area contributed by atoms with Crippen molar-refractivity contribution in [1.82, 2.24) is 0 Å². The zero-order valence-electron chi connectivity index (χ0n) is 10.4. The number of halogens is 1. The van der Waals surface area contributed by atoms with E-state index in [1.807, 2.05) is 18.2 Å². The summed E-state index contributed by atoms with van der Waals surface area (Å²) in [4.78, 5) is 0. The van der Waals surface area contributed by atoms with Crippen LogP contribution in [-0.2, 0) is 6.54 Å². The van der Waals surface area contributed by atoms with Crippen molar-refractivity contribution in [3.8, 4) is 11.5 Å². The molecule has 0 unspecified atom stereocenters. The van der Waals surface area contributed by atoms with Crippen LogP contribution in [0.4, 0.5) is 5.69 Å². The van der Waals surface area contributed by atoms with Gasteiger partial charge in [-0.1, -0.05) is 12.1 Å². The fourth-order valence-electron chi connectivity index (χ4n) is 1.96. The van der Waals surface area contributed by atoms with E-state index in [1.165, 1.54) is 9.13 Å². The lowest BCUT2D eigenvalue weighted by atomic mass is 10.2. The van der Waals surface area contributed by atoms with Gasteiger partial charge in [-0.05, 0) is 52.4 Å². The Labute approximate surface area is 126 Å². The van der Waals surface area contributed by atoms with Crippen LogP contribution < -0.4 is 14.8 Å². The first-order valence-corrected chi connectivity index (χ1v) is 7.27. The molecule has 0 bridgehead atoms. The van der Waals surface area contributed by atoms with Crippen LogP contribution in [0.1, 0.15) is 5.56 Å². The summed E-state index contributed by atoms with van der Waals surface area (Å²) in [6.45, 7) is 2.05. The van der Waals surface area contributed by atoms with Gasteiger partial charge in [-0.15, -0.1) is 0 Å². The van der Waals surface area contributed by atoms with E-state index in [2.05, 4.69) is 52.2 Å². The first-order chi connectivity index (χ1) is 9.31. The highest BCUT2D eigenvalue weighted by molar-refractivity contribution is 14.1. The Balaban J connectivity index is 1.68. The van der Waals surface area contributed by atoms with Gasteiger partial charge in [0.15, 0.2) is 11.5 Å². The molecule has 1 aliphatic heterocycles. The van der Waals surface area contributed by atoms with Crippen LogP contribution in [-0.4, -0.2) is 13.2 Å². The second-order valence-electron chi connectivity index (χ2n) is 4.34. The zero-order valence-corrected chi connectivity index (χ0v) is 12.5. The lowest BCUT2D eigenvalue weighted by Gasteiger charge is -2.19. The van der Waals surface area contributed by atoms with Crippen molar-refractivity contribution in [2.24, 2.45) is 0 Å². The average Bonchev–Trinajstić information content (AvgIpc) is 2.46. The first-order valence-electron chi connectivity index (χ1n) is 6.19. The third-order valence-corrected chi connectivity index (χ3v) is 3.67. The van der Waals surface area contributed by atoms with Gasteiger partial charge in [0.1, 0.15) is 13.2 Å². The SMILES string of the molecule is Ic1ccc(CNc2ccc3c(c2)OCCO3)cc1. The Morgan fingerprint density at radius 2 is 1.68 bits per heavy atom. The van der Waals surface area contributed by atoms with Crippen LogP contribution >= 0.6 is 22.6 Å². The molecule has 98 valence electrons. The molecule has 1 N–H and O–H groups in total. The summed E-state index contributed by atoms with van der Waals surface area (Å²) in [6, 6.07) is 14.4. The maximum atomic E-state index is 5.57. The largest absolute Gasteiger partial charge is 0.486 e. The van der Waals surface area contributed by atoms with E-state index in [0.717, 1.165) is 23.7 Å². The Morgan fingerprint density at radius 1 is 0.947 bits per heavy atom. The quantitative estimate of drug-likeness (QED) is 0.840. The van der Waals surface area contributed by atoms with Gasteiger partial charge >= 0.3 is 0 Å². The third kappa shape index (κ3) is 3.12. The molecule has 0 fully saturated rings. The van der Waals surface area contributed by atoms with Crippen molar-refractivity contribution >= 4 is 28.3 Å². The summed E-state index contributed by atoms with van der Waals surface area (Å²) in [5.41, 5.74) is 2.30. The second kappa shape index (κ2) is 5.69. The molecule has 3 nitrogen and oxygen atoms in total. The predicted octanol–water partition coefficient (Wildman–Crippen LogP) is 3.67. The number of rotatable bonds is 3. The van der Waals surface area contributed by atoms with Gasteiger partial charge in [-0.25, -0.2) is 0 Å². The average molecular weight is 367 g/mol. The van der Waals surface area contributed by atoms with Gasteiger partial charge in [0.25, 0.3) is 0 Å². The van der Waals surface area contributed by atoms with E-state index in [4.69, 9.17) is 9.47 Å². The smallest absolute Gasteiger partial charge is 0.163 e. The molecule has 0 amide bonds. The number of nitrogens with one attached hydrogen (secondary N) is 1. The summed E-state index contributed by atoms with van der Waals surface area (Å²) in [7, 11) is 0. The predicted molar refractivity (Wildman–Crippen MR) is 83.9 cm³/mol. The van der Waals surface area contributed by atoms with Crippen LogP contribution in [0.15, 0.2) is 42.5 Å². The molecule has 0 saturated heterocycles. The molecule has 0 aromatic heterocycles. The van der Waals surface area contributed by atoms with Gasteiger partial charge in [0.2, 0.25) is 0 Å². The van der Waals surface area contributed by atoms with Crippen LogP contribution in [0.3, 0.4) is 0 Å². The van der Waals surface area contributed by atoms with E-state index in [9.17, 15) is 0 Å². The van der Waals surface area contributed by atoms with Crippen molar-refractivity contribution in [2.75, 3.05) is 18.5 Å². The highest BCUT2D eigenvalue weighted by atomic mass is 127. The van der Waals surface area contributed by atoms with E-state index < -0.39 is 0 Å². The van der Waals surface area contributed by atoms with E-state index in [0.29, 0.717) is 13.2 Å². The normalized spacial score (nSPS) is 13.1. The van der Waals surface area contributed by atoms with Crippen molar-refractivity contribution < 1.29 is 9.47 Å². The third-order valence-electron chi connectivity index (χ3n) is 2.95. The van der Waals surface area contributed by atoms with Crippen molar-refractivity contribution in [3.63, 3.8) is 0 Å². The molecule has 19 heavy (non-hydrogen) atoms. The Kier molecular flexibility index (Phi) is 3.77. The van der Waals surface area contributed by atoms with E-state index >= 15 is 0 Å². The minimum atomic E-state index is 0.619. The first kappa shape index (κ1) is 12.6. The molecule has 0 spiro atoms. The van der Waals surface area contributed by atoms with Gasteiger partial charge in [0, 0.05) is 21.9 Å².